The Morgan fingerprint density at radius 1 is 1.11 bits per heavy atom. The van der Waals surface area contributed by atoms with Crippen molar-refractivity contribution in [3.63, 3.8) is 0 Å². The van der Waals surface area contributed by atoms with E-state index in [1.54, 1.807) is 6.33 Å². The van der Waals surface area contributed by atoms with Gasteiger partial charge >= 0.3 is 0 Å². The number of morpholine rings is 1. The van der Waals surface area contributed by atoms with E-state index in [2.05, 4.69) is 25.9 Å². The van der Waals surface area contributed by atoms with Gasteiger partial charge in [-0.05, 0) is 50.1 Å². The van der Waals surface area contributed by atoms with Gasteiger partial charge in [0.15, 0.2) is 0 Å². The second-order valence-corrected chi connectivity index (χ2v) is 9.03. The van der Waals surface area contributed by atoms with E-state index in [0.29, 0.717) is 24.0 Å². The number of ether oxygens (including phenoxy) is 1. The highest BCUT2D eigenvalue weighted by Gasteiger charge is 2.48. The lowest BCUT2D eigenvalue weighted by atomic mass is 9.78. The average Bonchev–Trinajstić information content (AvgIpc) is 2.84. The van der Waals surface area contributed by atoms with Gasteiger partial charge in [0.1, 0.15) is 6.33 Å². The summed E-state index contributed by atoms with van der Waals surface area (Å²) >= 11 is 0. The van der Waals surface area contributed by atoms with Crippen LogP contribution in [-0.2, 0) is 17.6 Å². The molecule has 0 aromatic carbocycles. The summed E-state index contributed by atoms with van der Waals surface area (Å²) in [6.45, 7) is 5.31. The van der Waals surface area contributed by atoms with Crippen LogP contribution in [0.1, 0.15) is 43.4 Å². The van der Waals surface area contributed by atoms with Crippen molar-refractivity contribution in [2.45, 2.75) is 62.7 Å². The lowest BCUT2D eigenvalue weighted by Crippen LogP contribution is -2.55. The Hall–Kier alpha value is -1.08. The fraction of sp³-hybridized carbons (Fsp3) is 0.810. The summed E-state index contributed by atoms with van der Waals surface area (Å²) in [5.41, 5.74) is 2.67. The zero-order valence-corrected chi connectivity index (χ0v) is 16.3. The predicted octanol–water partition coefficient (Wildman–Crippen LogP) is 1.06. The monoisotopic (exact) mass is 371 g/mol. The first-order valence-corrected chi connectivity index (χ1v) is 10.9. The summed E-state index contributed by atoms with van der Waals surface area (Å²) in [5, 5.41) is 11.3. The van der Waals surface area contributed by atoms with E-state index in [-0.39, 0.29) is 5.60 Å². The molecule has 6 nitrogen and oxygen atoms in total. The summed E-state index contributed by atoms with van der Waals surface area (Å²) in [5.74, 6) is 1.32. The minimum absolute atomic E-state index is 0.0968. The molecule has 27 heavy (non-hydrogen) atoms. The average molecular weight is 372 g/mol. The molecule has 0 amide bonds. The molecule has 0 aliphatic carbocycles. The Morgan fingerprint density at radius 2 is 2.11 bits per heavy atom. The number of nitrogens with zero attached hydrogens (tertiary/aromatic N) is 2. The maximum Gasteiger partial charge on any atom is 0.115 e. The van der Waals surface area contributed by atoms with Crippen molar-refractivity contribution >= 4 is 0 Å². The lowest BCUT2D eigenvalue weighted by molar-refractivity contribution is -0.102. The molecule has 0 saturated carbocycles. The topological polar surface area (TPSA) is 71.1 Å². The first-order valence-electron chi connectivity index (χ1n) is 10.9. The Kier molecular flexibility index (Phi) is 5.15. The summed E-state index contributed by atoms with van der Waals surface area (Å²) in [7, 11) is 0. The van der Waals surface area contributed by atoms with Gasteiger partial charge in [0.2, 0.25) is 0 Å². The van der Waals surface area contributed by atoms with E-state index in [1.807, 2.05) is 6.20 Å². The van der Waals surface area contributed by atoms with Crippen molar-refractivity contribution < 1.29 is 4.74 Å². The van der Waals surface area contributed by atoms with Gasteiger partial charge in [-0.15, -0.1) is 0 Å². The van der Waals surface area contributed by atoms with Gasteiger partial charge in [0.25, 0.3) is 0 Å². The van der Waals surface area contributed by atoms with Crippen molar-refractivity contribution in [2.75, 3.05) is 32.7 Å². The lowest BCUT2D eigenvalue weighted by Gasteiger charge is -2.42. The zero-order chi connectivity index (χ0) is 18.1. The van der Waals surface area contributed by atoms with Crippen LogP contribution >= 0.6 is 0 Å². The molecule has 5 atom stereocenters. The SMILES string of the molecule is c1ncc2c(n1)CCNC(C1CCCC(C34CCC(CNC3)O4)CNC1)C2. The van der Waals surface area contributed by atoms with Crippen LogP contribution in [0.2, 0.25) is 0 Å². The molecule has 6 heteroatoms. The third-order valence-corrected chi connectivity index (χ3v) is 7.41. The van der Waals surface area contributed by atoms with Gasteiger partial charge in [0, 0.05) is 56.5 Å². The number of aromatic nitrogens is 2. The Bertz CT molecular complexity index is 641. The molecule has 5 heterocycles. The fourth-order valence-electron chi connectivity index (χ4n) is 5.88. The van der Waals surface area contributed by atoms with Crippen molar-refractivity contribution in [3.05, 3.63) is 23.8 Å². The molecule has 1 aromatic rings. The molecule has 3 fully saturated rings. The van der Waals surface area contributed by atoms with E-state index in [9.17, 15) is 0 Å². The summed E-state index contributed by atoms with van der Waals surface area (Å²) in [6, 6.07) is 0.530. The van der Waals surface area contributed by atoms with Crippen LogP contribution in [0.5, 0.6) is 0 Å². The highest BCUT2D eigenvalue weighted by molar-refractivity contribution is 5.20. The molecule has 4 aliphatic rings. The van der Waals surface area contributed by atoms with Gasteiger partial charge < -0.3 is 20.7 Å². The first-order chi connectivity index (χ1) is 13.3. The summed E-state index contributed by atoms with van der Waals surface area (Å²) < 4.78 is 6.49. The molecule has 3 N–H and O–H groups in total. The third-order valence-electron chi connectivity index (χ3n) is 7.41. The molecule has 3 saturated heterocycles. The molecule has 148 valence electrons. The van der Waals surface area contributed by atoms with Crippen molar-refractivity contribution in [1.82, 2.24) is 25.9 Å². The second kappa shape index (κ2) is 7.74. The fourth-order valence-corrected chi connectivity index (χ4v) is 5.88. The van der Waals surface area contributed by atoms with Gasteiger partial charge in [0.05, 0.1) is 11.7 Å². The van der Waals surface area contributed by atoms with Crippen LogP contribution in [0.25, 0.3) is 0 Å². The number of rotatable bonds is 2. The van der Waals surface area contributed by atoms with E-state index in [1.165, 1.54) is 43.4 Å². The van der Waals surface area contributed by atoms with Crippen molar-refractivity contribution in [1.29, 1.82) is 0 Å². The second-order valence-electron chi connectivity index (χ2n) is 9.03. The Labute approximate surface area is 162 Å². The van der Waals surface area contributed by atoms with Gasteiger partial charge in [-0.25, -0.2) is 9.97 Å². The largest absolute Gasteiger partial charge is 0.369 e. The van der Waals surface area contributed by atoms with Crippen LogP contribution < -0.4 is 16.0 Å². The zero-order valence-electron chi connectivity index (χ0n) is 16.3. The summed E-state index contributed by atoms with van der Waals surface area (Å²) in [4.78, 5) is 8.75. The molecular weight excluding hydrogens is 338 g/mol. The van der Waals surface area contributed by atoms with E-state index < -0.39 is 0 Å². The Balaban J connectivity index is 1.21. The number of hydrogen-bond acceptors (Lipinski definition) is 6. The molecule has 0 spiro atoms. The molecular formula is C21H33N5O. The maximum absolute atomic E-state index is 6.49. The van der Waals surface area contributed by atoms with E-state index >= 15 is 0 Å². The van der Waals surface area contributed by atoms with Gasteiger partial charge in [-0.3, -0.25) is 0 Å². The highest BCUT2D eigenvalue weighted by Crippen LogP contribution is 2.41. The number of fused-ring (bicyclic) bond motifs is 3. The standard InChI is InChI=1S/C21H33N5O/c1-2-15(20-8-16-10-24-14-26-19(16)5-7-25-20)9-22-11-17(3-1)21-6-4-18(27-21)12-23-13-21/h10,14-15,17-18,20,22-23,25H,1-9,11-13H2. The van der Waals surface area contributed by atoms with E-state index in [4.69, 9.17) is 4.74 Å². The van der Waals surface area contributed by atoms with Crippen LogP contribution in [0.3, 0.4) is 0 Å². The molecule has 5 unspecified atom stereocenters. The number of nitrogens with one attached hydrogen (secondary N) is 3. The number of hydrogen-bond donors (Lipinski definition) is 3. The maximum atomic E-state index is 6.49. The van der Waals surface area contributed by atoms with Crippen LogP contribution in [0, 0.1) is 11.8 Å². The van der Waals surface area contributed by atoms with Crippen LogP contribution in [0.15, 0.2) is 12.5 Å². The quantitative estimate of drug-likeness (QED) is 0.722. The normalized spacial score (nSPS) is 39.9. The molecule has 2 bridgehead atoms. The molecule has 5 rings (SSSR count). The highest BCUT2D eigenvalue weighted by atomic mass is 16.5. The van der Waals surface area contributed by atoms with Gasteiger partial charge in [-0.2, -0.15) is 0 Å². The molecule has 1 aromatic heterocycles. The Morgan fingerprint density at radius 3 is 3.11 bits per heavy atom. The van der Waals surface area contributed by atoms with Gasteiger partial charge in [-0.1, -0.05) is 6.42 Å². The van der Waals surface area contributed by atoms with E-state index in [0.717, 1.165) is 45.6 Å². The third kappa shape index (κ3) is 3.65. The predicted molar refractivity (Wildman–Crippen MR) is 105 cm³/mol. The minimum Gasteiger partial charge on any atom is -0.369 e. The molecule has 0 radical (unpaired) electrons. The van der Waals surface area contributed by atoms with Crippen molar-refractivity contribution in [2.24, 2.45) is 11.8 Å². The first kappa shape index (κ1) is 18.0. The summed E-state index contributed by atoms with van der Waals surface area (Å²) in [6.07, 6.45) is 12.6. The molecule has 4 aliphatic heterocycles. The van der Waals surface area contributed by atoms with Crippen LogP contribution in [0.4, 0.5) is 0 Å². The smallest absolute Gasteiger partial charge is 0.115 e. The van der Waals surface area contributed by atoms with Crippen molar-refractivity contribution in [3.8, 4) is 0 Å². The minimum atomic E-state index is 0.0968. The van der Waals surface area contributed by atoms with Crippen LogP contribution in [-0.4, -0.2) is 60.4 Å².